The van der Waals surface area contributed by atoms with Crippen LogP contribution in [0.3, 0.4) is 0 Å². The molecule has 1 fully saturated rings. The van der Waals surface area contributed by atoms with E-state index in [0.717, 1.165) is 44.3 Å². The largest absolute Gasteiger partial charge is 0.480 e. The minimum absolute atomic E-state index is 0.0179. The van der Waals surface area contributed by atoms with Gasteiger partial charge >= 0.3 is 0 Å². The molecule has 2 aromatic rings. The van der Waals surface area contributed by atoms with Gasteiger partial charge in [-0.15, -0.1) is 0 Å². The average Bonchev–Trinajstić information content (AvgIpc) is 3.02. The molecule has 2 aromatic carbocycles. The standard InChI is InChI=1S/C24H30N2O3/c1-3-21(29-22-15-9-6-12-18(22)2)23(27)25-20-14-8-7-13-19(20)24(28)26-16-10-4-5-11-17-26/h6-9,12-15,21H,3-5,10-11,16-17H2,1-2H3,(H,25,27)/t21-/m1/s1. The predicted molar refractivity (Wildman–Crippen MR) is 115 cm³/mol. The summed E-state index contributed by atoms with van der Waals surface area (Å²) in [7, 11) is 0. The third-order valence-electron chi connectivity index (χ3n) is 5.33. The van der Waals surface area contributed by atoms with Gasteiger partial charge < -0.3 is 15.0 Å². The summed E-state index contributed by atoms with van der Waals surface area (Å²) >= 11 is 0. The van der Waals surface area contributed by atoms with Gasteiger partial charge in [-0.3, -0.25) is 9.59 Å². The molecule has 5 heteroatoms. The van der Waals surface area contributed by atoms with Crippen LogP contribution < -0.4 is 10.1 Å². The van der Waals surface area contributed by atoms with Crippen LogP contribution in [0.4, 0.5) is 5.69 Å². The van der Waals surface area contributed by atoms with Crippen molar-refractivity contribution in [3.05, 3.63) is 59.7 Å². The molecule has 1 N–H and O–H groups in total. The molecule has 1 atom stereocenters. The quantitative estimate of drug-likeness (QED) is 0.765. The number of nitrogens with zero attached hydrogens (tertiary/aromatic N) is 1. The summed E-state index contributed by atoms with van der Waals surface area (Å²) in [5.74, 6) is 0.436. The van der Waals surface area contributed by atoms with Crippen molar-refractivity contribution in [2.24, 2.45) is 0 Å². The second kappa shape index (κ2) is 10.1. The van der Waals surface area contributed by atoms with Gasteiger partial charge in [-0.25, -0.2) is 0 Å². The Hall–Kier alpha value is -2.82. The molecule has 29 heavy (non-hydrogen) atoms. The van der Waals surface area contributed by atoms with E-state index in [0.29, 0.717) is 23.4 Å². The molecule has 0 aromatic heterocycles. The second-order valence-corrected chi connectivity index (χ2v) is 7.52. The van der Waals surface area contributed by atoms with Gasteiger partial charge in [0, 0.05) is 13.1 Å². The third kappa shape index (κ3) is 5.37. The summed E-state index contributed by atoms with van der Waals surface area (Å²) in [6.45, 7) is 5.41. The Balaban J connectivity index is 1.74. The van der Waals surface area contributed by atoms with E-state index in [1.165, 1.54) is 0 Å². The van der Waals surface area contributed by atoms with E-state index in [9.17, 15) is 9.59 Å². The lowest BCUT2D eigenvalue weighted by Crippen LogP contribution is -2.35. The SMILES string of the molecule is CC[C@@H](Oc1ccccc1C)C(=O)Nc1ccccc1C(=O)N1CCCCCC1. The first-order valence-electron chi connectivity index (χ1n) is 10.5. The van der Waals surface area contributed by atoms with E-state index in [2.05, 4.69) is 5.32 Å². The zero-order chi connectivity index (χ0) is 20.6. The van der Waals surface area contributed by atoms with Gasteiger partial charge in [0.1, 0.15) is 5.75 Å². The minimum Gasteiger partial charge on any atom is -0.480 e. The third-order valence-corrected chi connectivity index (χ3v) is 5.33. The summed E-state index contributed by atoms with van der Waals surface area (Å²) in [5.41, 5.74) is 2.06. The normalized spacial score (nSPS) is 15.3. The number of nitrogens with one attached hydrogen (secondary N) is 1. The molecule has 0 saturated carbocycles. The molecular formula is C24H30N2O3. The van der Waals surface area contributed by atoms with Gasteiger partial charge in [-0.1, -0.05) is 50.1 Å². The van der Waals surface area contributed by atoms with Crippen molar-refractivity contribution in [3.63, 3.8) is 0 Å². The van der Waals surface area contributed by atoms with Crippen molar-refractivity contribution >= 4 is 17.5 Å². The van der Waals surface area contributed by atoms with Crippen LogP contribution in [0.5, 0.6) is 5.75 Å². The molecule has 0 unspecified atom stereocenters. The molecule has 0 spiro atoms. The lowest BCUT2D eigenvalue weighted by Gasteiger charge is -2.23. The number of likely N-dealkylation sites (tertiary alicyclic amines) is 1. The van der Waals surface area contributed by atoms with Crippen LogP contribution in [-0.4, -0.2) is 35.9 Å². The van der Waals surface area contributed by atoms with Crippen LogP contribution in [0.25, 0.3) is 0 Å². The molecule has 2 amide bonds. The summed E-state index contributed by atoms with van der Waals surface area (Å²) < 4.78 is 5.95. The molecule has 1 saturated heterocycles. The van der Waals surface area contributed by atoms with Crippen molar-refractivity contribution in [2.45, 2.75) is 52.1 Å². The Morgan fingerprint density at radius 3 is 2.34 bits per heavy atom. The minimum atomic E-state index is -0.627. The highest BCUT2D eigenvalue weighted by molar-refractivity contribution is 6.04. The first-order chi connectivity index (χ1) is 14.1. The number of amides is 2. The molecule has 1 aliphatic heterocycles. The van der Waals surface area contributed by atoms with Gasteiger partial charge in [0.05, 0.1) is 11.3 Å². The molecular weight excluding hydrogens is 364 g/mol. The Kier molecular flexibility index (Phi) is 7.28. The maximum Gasteiger partial charge on any atom is 0.265 e. The van der Waals surface area contributed by atoms with Crippen LogP contribution in [0.1, 0.15) is 54.9 Å². The zero-order valence-electron chi connectivity index (χ0n) is 17.3. The lowest BCUT2D eigenvalue weighted by atomic mass is 10.1. The smallest absolute Gasteiger partial charge is 0.265 e. The van der Waals surface area contributed by atoms with E-state index in [1.807, 2.05) is 55.1 Å². The highest BCUT2D eigenvalue weighted by atomic mass is 16.5. The zero-order valence-corrected chi connectivity index (χ0v) is 17.3. The number of carbonyl (C=O) groups excluding carboxylic acids is 2. The maximum absolute atomic E-state index is 13.1. The molecule has 154 valence electrons. The monoisotopic (exact) mass is 394 g/mol. The summed E-state index contributed by atoms with van der Waals surface area (Å²) in [6, 6.07) is 14.9. The fourth-order valence-corrected chi connectivity index (χ4v) is 3.60. The molecule has 3 rings (SSSR count). The van der Waals surface area contributed by atoms with Gasteiger partial charge in [-0.2, -0.15) is 0 Å². The Morgan fingerprint density at radius 2 is 1.66 bits per heavy atom. The number of aryl methyl sites for hydroxylation is 1. The number of ether oxygens (including phenoxy) is 1. The fraction of sp³-hybridized carbons (Fsp3) is 0.417. The maximum atomic E-state index is 13.1. The Morgan fingerprint density at radius 1 is 1.00 bits per heavy atom. The van der Waals surface area contributed by atoms with E-state index < -0.39 is 6.10 Å². The second-order valence-electron chi connectivity index (χ2n) is 7.52. The number of benzene rings is 2. The number of anilines is 1. The van der Waals surface area contributed by atoms with E-state index in [-0.39, 0.29) is 11.8 Å². The van der Waals surface area contributed by atoms with E-state index in [4.69, 9.17) is 4.74 Å². The van der Waals surface area contributed by atoms with E-state index in [1.54, 1.807) is 12.1 Å². The number of rotatable bonds is 6. The number of carbonyl (C=O) groups is 2. The fourth-order valence-electron chi connectivity index (χ4n) is 3.60. The topological polar surface area (TPSA) is 58.6 Å². The van der Waals surface area contributed by atoms with Crippen LogP contribution in [-0.2, 0) is 4.79 Å². The first kappa shape index (κ1) is 20.9. The van der Waals surface area contributed by atoms with Crippen LogP contribution in [0.2, 0.25) is 0 Å². The van der Waals surface area contributed by atoms with Crippen molar-refractivity contribution in [1.29, 1.82) is 0 Å². The van der Waals surface area contributed by atoms with Gasteiger partial charge in [0.15, 0.2) is 6.10 Å². The summed E-state index contributed by atoms with van der Waals surface area (Å²) in [5, 5.41) is 2.93. The van der Waals surface area contributed by atoms with Crippen molar-refractivity contribution in [1.82, 2.24) is 4.90 Å². The molecule has 5 nitrogen and oxygen atoms in total. The van der Waals surface area contributed by atoms with E-state index >= 15 is 0 Å². The highest BCUT2D eigenvalue weighted by Gasteiger charge is 2.24. The predicted octanol–water partition coefficient (Wildman–Crippen LogP) is 4.81. The Bertz CT molecular complexity index is 842. The van der Waals surface area contributed by atoms with Crippen molar-refractivity contribution in [3.8, 4) is 5.75 Å². The molecule has 1 aliphatic rings. The van der Waals surface area contributed by atoms with Gasteiger partial charge in [0.2, 0.25) is 0 Å². The number of hydrogen-bond acceptors (Lipinski definition) is 3. The molecule has 0 aliphatic carbocycles. The number of hydrogen-bond donors (Lipinski definition) is 1. The van der Waals surface area contributed by atoms with Crippen LogP contribution >= 0.6 is 0 Å². The van der Waals surface area contributed by atoms with Gasteiger partial charge in [-0.05, 0) is 49.9 Å². The highest BCUT2D eigenvalue weighted by Crippen LogP contribution is 2.22. The summed E-state index contributed by atoms with van der Waals surface area (Å²) in [6.07, 6.45) is 4.29. The molecule has 1 heterocycles. The van der Waals surface area contributed by atoms with Crippen molar-refractivity contribution in [2.75, 3.05) is 18.4 Å². The lowest BCUT2D eigenvalue weighted by molar-refractivity contribution is -0.122. The van der Waals surface area contributed by atoms with Gasteiger partial charge in [0.25, 0.3) is 11.8 Å². The molecule has 0 radical (unpaired) electrons. The Labute approximate surface area is 173 Å². The average molecular weight is 395 g/mol. The van der Waals surface area contributed by atoms with Crippen LogP contribution in [0.15, 0.2) is 48.5 Å². The van der Waals surface area contributed by atoms with Crippen LogP contribution in [0, 0.1) is 6.92 Å². The molecule has 0 bridgehead atoms. The first-order valence-corrected chi connectivity index (χ1v) is 10.5. The number of para-hydroxylation sites is 2. The van der Waals surface area contributed by atoms with Crippen molar-refractivity contribution < 1.29 is 14.3 Å². The summed E-state index contributed by atoms with van der Waals surface area (Å²) in [4.78, 5) is 27.9.